The van der Waals surface area contributed by atoms with Gasteiger partial charge in [0.25, 0.3) is 0 Å². The number of carboxylic acid groups (broad SMARTS) is 1. The molecule has 0 aliphatic heterocycles. The zero-order chi connectivity index (χ0) is 21.0. The molecule has 0 fully saturated rings. The van der Waals surface area contributed by atoms with Crippen LogP contribution in [0, 0.1) is 5.92 Å². The Morgan fingerprint density at radius 2 is 1.29 bits per heavy atom. The first kappa shape index (κ1) is 26.7. The second-order valence-corrected chi connectivity index (χ2v) is 7.84. The van der Waals surface area contributed by atoms with Crippen LogP contribution in [0.15, 0.2) is 12.2 Å². The highest BCUT2D eigenvalue weighted by atomic mass is 16.4. The number of carbonyl (C=O) groups is 2. The largest absolute Gasteiger partial charge is 0.481 e. The Morgan fingerprint density at radius 3 is 1.75 bits per heavy atom. The molecule has 28 heavy (non-hydrogen) atoms. The Labute approximate surface area is 173 Å². The Kier molecular flexibility index (Phi) is 18.1. The summed E-state index contributed by atoms with van der Waals surface area (Å²) in [5, 5.41) is 9.35. The maximum atomic E-state index is 12.1. The molecule has 0 rings (SSSR count). The fourth-order valence-corrected chi connectivity index (χ4v) is 3.49. The molecule has 1 atom stereocenters. The van der Waals surface area contributed by atoms with Crippen LogP contribution in [-0.4, -0.2) is 35.0 Å². The van der Waals surface area contributed by atoms with Crippen molar-refractivity contribution in [3.05, 3.63) is 12.2 Å². The number of amides is 1. The molecule has 0 heterocycles. The van der Waals surface area contributed by atoms with Crippen molar-refractivity contribution >= 4 is 11.9 Å². The number of hydrogen-bond donors (Lipinski definition) is 1. The number of nitrogens with zero attached hydrogens (tertiary/aromatic N) is 1. The van der Waals surface area contributed by atoms with Gasteiger partial charge in [0.15, 0.2) is 0 Å². The van der Waals surface area contributed by atoms with Crippen molar-refractivity contribution in [3.8, 4) is 0 Å². The Morgan fingerprint density at radius 1 is 0.786 bits per heavy atom. The molecule has 0 saturated heterocycles. The predicted molar refractivity (Wildman–Crippen MR) is 119 cm³/mol. The second kappa shape index (κ2) is 19.0. The van der Waals surface area contributed by atoms with Crippen LogP contribution < -0.4 is 0 Å². The van der Waals surface area contributed by atoms with E-state index in [4.69, 9.17) is 0 Å². The zero-order valence-corrected chi connectivity index (χ0v) is 18.8. The average Bonchev–Trinajstić information content (AvgIpc) is 2.68. The van der Waals surface area contributed by atoms with Crippen molar-refractivity contribution in [2.24, 2.45) is 5.92 Å². The lowest BCUT2D eigenvalue weighted by atomic mass is 10.00. The minimum Gasteiger partial charge on any atom is -0.481 e. The maximum absolute atomic E-state index is 12.1. The van der Waals surface area contributed by atoms with Crippen molar-refractivity contribution < 1.29 is 14.7 Å². The molecule has 1 N–H and O–H groups in total. The summed E-state index contributed by atoms with van der Waals surface area (Å²) in [5.41, 5.74) is 0. The van der Waals surface area contributed by atoms with Crippen molar-refractivity contribution in [3.63, 3.8) is 0 Å². The summed E-state index contributed by atoms with van der Waals surface area (Å²) < 4.78 is 0. The number of carboxylic acids is 1. The molecule has 0 aromatic heterocycles. The molecule has 0 bridgehead atoms. The van der Waals surface area contributed by atoms with Crippen LogP contribution in [0.1, 0.15) is 111 Å². The molecule has 0 spiro atoms. The van der Waals surface area contributed by atoms with Gasteiger partial charge in [0.1, 0.15) is 0 Å². The number of hydrogen-bond acceptors (Lipinski definition) is 2. The topological polar surface area (TPSA) is 57.6 Å². The molecular weight excluding hydrogens is 350 g/mol. The standard InChI is InChI=1S/C24H45NO3/c1-4-7-8-9-10-11-12-13-14-15-16-17-18-19-20-22(24(27)28)21-23(26)25(5-2)6-3/h18-19,22H,4-17,20-21H2,1-3H3,(H,27,28)/b19-18+. The van der Waals surface area contributed by atoms with E-state index in [-0.39, 0.29) is 12.3 Å². The van der Waals surface area contributed by atoms with Gasteiger partial charge in [-0.2, -0.15) is 0 Å². The summed E-state index contributed by atoms with van der Waals surface area (Å²) in [4.78, 5) is 25.2. The van der Waals surface area contributed by atoms with E-state index in [1.165, 1.54) is 70.6 Å². The molecule has 0 saturated carbocycles. The maximum Gasteiger partial charge on any atom is 0.307 e. The molecule has 1 amide bonds. The molecule has 0 aromatic carbocycles. The van der Waals surface area contributed by atoms with Gasteiger partial charge in [-0.1, -0.05) is 83.3 Å². The van der Waals surface area contributed by atoms with E-state index in [1.54, 1.807) is 4.90 Å². The van der Waals surface area contributed by atoms with Crippen LogP contribution in [0.3, 0.4) is 0 Å². The fourth-order valence-electron chi connectivity index (χ4n) is 3.49. The number of rotatable bonds is 19. The molecule has 4 nitrogen and oxygen atoms in total. The highest BCUT2D eigenvalue weighted by Gasteiger charge is 2.22. The Hall–Kier alpha value is -1.32. The Balaban J connectivity index is 3.74. The molecule has 1 unspecified atom stereocenters. The van der Waals surface area contributed by atoms with Gasteiger partial charge in [-0.05, 0) is 33.1 Å². The summed E-state index contributed by atoms with van der Waals surface area (Å²) in [5.74, 6) is -1.54. The second-order valence-electron chi connectivity index (χ2n) is 7.84. The lowest BCUT2D eigenvalue weighted by Gasteiger charge is -2.20. The van der Waals surface area contributed by atoms with Crippen molar-refractivity contribution in [1.29, 1.82) is 0 Å². The normalized spacial score (nSPS) is 12.4. The van der Waals surface area contributed by atoms with E-state index < -0.39 is 11.9 Å². The summed E-state index contributed by atoms with van der Waals surface area (Å²) in [6.45, 7) is 7.37. The van der Waals surface area contributed by atoms with Crippen molar-refractivity contribution in [2.45, 2.75) is 111 Å². The van der Waals surface area contributed by atoms with Crippen LogP contribution in [0.5, 0.6) is 0 Å². The van der Waals surface area contributed by atoms with Crippen LogP contribution in [0.25, 0.3) is 0 Å². The van der Waals surface area contributed by atoms with Crippen molar-refractivity contribution in [2.75, 3.05) is 13.1 Å². The highest BCUT2D eigenvalue weighted by Crippen LogP contribution is 2.14. The third-order valence-electron chi connectivity index (χ3n) is 5.45. The number of aliphatic carboxylic acids is 1. The first-order valence-corrected chi connectivity index (χ1v) is 11.7. The van der Waals surface area contributed by atoms with E-state index in [9.17, 15) is 14.7 Å². The van der Waals surface area contributed by atoms with Gasteiger partial charge < -0.3 is 10.0 Å². The Bertz CT molecular complexity index is 416. The zero-order valence-electron chi connectivity index (χ0n) is 18.8. The lowest BCUT2D eigenvalue weighted by Crippen LogP contribution is -2.33. The van der Waals surface area contributed by atoms with Gasteiger partial charge in [0.2, 0.25) is 5.91 Å². The van der Waals surface area contributed by atoms with Gasteiger partial charge in [-0.15, -0.1) is 0 Å². The molecule has 0 radical (unpaired) electrons. The van der Waals surface area contributed by atoms with E-state index in [0.29, 0.717) is 19.5 Å². The first-order chi connectivity index (χ1) is 13.6. The monoisotopic (exact) mass is 395 g/mol. The van der Waals surface area contributed by atoms with Gasteiger partial charge >= 0.3 is 5.97 Å². The minimum atomic E-state index is -0.875. The van der Waals surface area contributed by atoms with Gasteiger partial charge in [-0.25, -0.2) is 0 Å². The van der Waals surface area contributed by atoms with E-state index in [2.05, 4.69) is 13.0 Å². The van der Waals surface area contributed by atoms with Crippen LogP contribution >= 0.6 is 0 Å². The third kappa shape index (κ3) is 14.7. The first-order valence-electron chi connectivity index (χ1n) is 11.7. The lowest BCUT2D eigenvalue weighted by molar-refractivity contribution is -0.145. The molecule has 164 valence electrons. The number of unbranched alkanes of at least 4 members (excludes halogenated alkanes) is 11. The van der Waals surface area contributed by atoms with E-state index >= 15 is 0 Å². The van der Waals surface area contributed by atoms with Gasteiger partial charge in [0, 0.05) is 19.5 Å². The molecule has 4 heteroatoms. The SMILES string of the molecule is CCCCCCCCCCCCC/C=C/CC(CC(=O)N(CC)CC)C(=O)O. The smallest absolute Gasteiger partial charge is 0.307 e. The quantitative estimate of drug-likeness (QED) is 0.198. The van der Waals surface area contributed by atoms with Gasteiger partial charge in [0.05, 0.1) is 5.92 Å². The molecule has 0 aromatic rings. The summed E-state index contributed by atoms with van der Waals surface area (Å²) in [6.07, 6.45) is 20.3. The van der Waals surface area contributed by atoms with Crippen LogP contribution in [0.2, 0.25) is 0 Å². The summed E-state index contributed by atoms with van der Waals surface area (Å²) >= 11 is 0. The van der Waals surface area contributed by atoms with E-state index in [1.807, 2.05) is 19.9 Å². The van der Waals surface area contributed by atoms with Gasteiger partial charge in [-0.3, -0.25) is 9.59 Å². The summed E-state index contributed by atoms with van der Waals surface area (Å²) in [7, 11) is 0. The van der Waals surface area contributed by atoms with Crippen LogP contribution in [-0.2, 0) is 9.59 Å². The number of carbonyl (C=O) groups excluding carboxylic acids is 1. The highest BCUT2D eigenvalue weighted by molar-refractivity contribution is 5.82. The van der Waals surface area contributed by atoms with Crippen molar-refractivity contribution in [1.82, 2.24) is 4.90 Å². The van der Waals surface area contributed by atoms with E-state index in [0.717, 1.165) is 6.42 Å². The predicted octanol–water partition coefficient (Wildman–Crippen LogP) is 6.59. The number of allylic oxidation sites excluding steroid dienone is 2. The van der Waals surface area contributed by atoms with Crippen LogP contribution in [0.4, 0.5) is 0 Å². The summed E-state index contributed by atoms with van der Waals surface area (Å²) in [6, 6.07) is 0. The minimum absolute atomic E-state index is 0.0591. The average molecular weight is 396 g/mol. The third-order valence-corrected chi connectivity index (χ3v) is 5.45. The fraction of sp³-hybridized carbons (Fsp3) is 0.833. The molecule has 0 aliphatic carbocycles. The molecular formula is C24H45NO3. The molecule has 0 aliphatic rings.